The van der Waals surface area contributed by atoms with E-state index in [-0.39, 0.29) is 11.8 Å². The van der Waals surface area contributed by atoms with Crippen LogP contribution in [-0.4, -0.2) is 39.8 Å². The van der Waals surface area contributed by atoms with Crippen molar-refractivity contribution in [2.75, 3.05) is 12.4 Å². The molecule has 0 spiro atoms. The van der Waals surface area contributed by atoms with Crippen LogP contribution in [0.4, 0.5) is 5.82 Å². The van der Waals surface area contributed by atoms with Gasteiger partial charge in [-0.2, -0.15) is 0 Å². The maximum absolute atomic E-state index is 12.0. The molecule has 6 heteroatoms. The molecule has 2 N–H and O–H groups in total. The maximum Gasteiger partial charge on any atom is 0.228 e. The summed E-state index contributed by atoms with van der Waals surface area (Å²) < 4.78 is 0. The zero-order valence-electron chi connectivity index (χ0n) is 19.8. The Morgan fingerprint density at radius 2 is 1.91 bits per heavy atom. The van der Waals surface area contributed by atoms with Crippen molar-refractivity contribution >= 4 is 28.2 Å². The molecule has 32 heavy (non-hydrogen) atoms. The second-order valence-corrected chi connectivity index (χ2v) is 8.54. The van der Waals surface area contributed by atoms with E-state index >= 15 is 0 Å². The first kappa shape index (κ1) is 23.8. The molecule has 1 fully saturated rings. The predicted octanol–water partition coefficient (Wildman–Crippen LogP) is 5.23. The monoisotopic (exact) mass is 434 g/mol. The molecule has 1 aliphatic carbocycles. The number of nitrogens with zero attached hydrogens (tertiary/aromatic N) is 3. The minimum atomic E-state index is -0.481. The zero-order chi connectivity index (χ0) is 23.3. The normalized spacial score (nSPS) is 16.7. The van der Waals surface area contributed by atoms with Gasteiger partial charge in [-0.1, -0.05) is 31.9 Å². The molecule has 1 aliphatic rings. The number of aromatic nitrogens is 2. The molecule has 1 atom stereocenters. The number of rotatable bonds is 9. The first-order valence-electron chi connectivity index (χ1n) is 11.5. The van der Waals surface area contributed by atoms with Crippen LogP contribution in [0.3, 0.4) is 0 Å². The second-order valence-electron chi connectivity index (χ2n) is 8.54. The van der Waals surface area contributed by atoms with Crippen LogP contribution in [0.5, 0.6) is 0 Å². The summed E-state index contributed by atoms with van der Waals surface area (Å²) in [5, 5.41) is 15.4. The highest BCUT2D eigenvalue weighted by molar-refractivity contribution is 6.12. The van der Waals surface area contributed by atoms with Crippen LogP contribution in [0.2, 0.25) is 0 Å². The number of anilines is 1. The Morgan fingerprint density at radius 1 is 1.22 bits per heavy atom. The summed E-state index contributed by atoms with van der Waals surface area (Å²) >= 11 is 0. The molecule has 1 unspecified atom stereocenters. The van der Waals surface area contributed by atoms with Crippen molar-refractivity contribution in [2.45, 2.75) is 65.9 Å². The molecule has 0 radical (unpaired) electrons. The summed E-state index contributed by atoms with van der Waals surface area (Å²) in [6.45, 7) is 8.25. The van der Waals surface area contributed by atoms with Crippen molar-refractivity contribution in [3.8, 4) is 0 Å². The first-order chi connectivity index (χ1) is 15.4. The molecular formula is C26H34N4O2. The molecule has 0 bridgehead atoms. The second kappa shape index (κ2) is 10.6. The lowest BCUT2D eigenvalue weighted by Crippen LogP contribution is -2.14. The van der Waals surface area contributed by atoms with Crippen molar-refractivity contribution in [1.29, 1.82) is 0 Å². The molecule has 2 aromatic rings. The number of aliphatic hydroxyl groups excluding tert-OH is 1. The standard InChI is InChI=1S/C26H34N4O2/c1-6-8-23(31)21(16(3)7-2)11-17(4)25(27-5)22-12-19-15-29-24(13-20(19)14-28-22)30-26(32)18-9-10-18/h11-15,18,23,31H,6-10H2,1-5H3,(H,29,30,32)/b17-11-,21-16-,27-25?. The van der Waals surface area contributed by atoms with Crippen LogP contribution < -0.4 is 5.32 Å². The fourth-order valence-corrected chi connectivity index (χ4v) is 3.74. The number of allylic oxidation sites excluding steroid dienone is 2. The Labute approximate surface area is 190 Å². The summed E-state index contributed by atoms with van der Waals surface area (Å²) in [6.07, 6.45) is 9.57. The van der Waals surface area contributed by atoms with E-state index in [1.165, 1.54) is 5.57 Å². The third-order valence-corrected chi connectivity index (χ3v) is 5.96. The van der Waals surface area contributed by atoms with E-state index in [1.54, 1.807) is 19.4 Å². The summed E-state index contributed by atoms with van der Waals surface area (Å²) in [4.78, 5) is 25.5. The van der Waals surface area contributed by atoms with E-state index in [2.05, 4.69) is 41.0 Å². The number of carbonyl (C=O) groups excluding carboxylic acids is 1. The number of aliphatic imine (C=N–C) groups is 1. The quantitative estimate of drug-likeness (QED) is 0.418. The van der Waals surface area contributed by atoms with Crippen LogP contribution in [0, 0.1) is 5.92 Å². The van der Waals surface area contributed by atoms with Crippen LogP contribution in [0.1, 0.15) is 65.5 Å². The van der Waals surface area contributed by atoms with Crippen molar-refractivity contribution in [3.63, 3.8) is 0 Å². The summed E-state index contributed by atoms with van der Waals surface area (Å²) in [5.41, 5.74) is 4.63. The minimum absolute atomic E-state index is 0.0408. The first-order valence-corrected chi connectivity index (χ1v) is 11.5. The van der Waals surface area contributed by atoms with Crippen molar-refractivity contribution in [1.82, 2.24) is 9.97 Å². The molecule has 6 nitrogen and oxygen atoms in total. The van der Waals surface area contributed by atoms with E-state index < -0.39 is 6.10 Å². The fourth-order valence-electron chi connectivity index (χ4n) is 3.74. The van der Waals surface area contributed by atoms with E-state index in [4.69, 9.17) is 0 Å². The van der Waals surface area contributed by atoms with Gasteiger partial charge < -0.3 is 10.4 Å². The average molecular weight is 435 g/mol. The number of fused-ring (bicyclic) bond motifs is 1. The van der Waals surface area contributed by atoms with Gasteiger partial charge >= 0.3 is 0 Å². The smallest absolute Gasteiger partial charge is 0.228 e. The number of hydrogen-bond acceptors (Lipinski definition) is 5. The minimum Gasteiger partial charge on any atom is -0.388 e. The number of nitrogens with one attached hydrogen (secondary N) is 1. The van der Waals surface area contributed by atoms with Gasteiger partial charge in [0.15, 0.2) is 0 Å². The lowest BCUT2D eigenvalue weighted by atomic mass is 9.95. The number of amides is 1. The van der Waals surface area contributed by atoms with Gasteiger partial charge in [-0.3, -0.25) is 14.8 Å². The predicted molar refractivity (Wildman–Crippen MR) is 131 cm³/mol. The van der Waals surface area contributed by atoms with Crippen molar-refractivity contribution in [2.24, 2.45) is 10.9 Å². The van der Waals surface area contributed by atoms with Crippen molar-refractivity contribution in [3.05, 3.63) is 53.0 Å². The Morgan fingerprint density at radius 3 is 2.53 bits per heavy atom. The van der Waals surface area contributed by atoms with Gasteiger partial charge in [0.25, 0.3) is 0 Å². The van der Waals surface area contributed by atoms with Crippen LogP contribution in [0.25, 0.3) is 10.8 Å². The third-order valence-electron chi connectivity index (χ3n) is 5.96. The van der Waals surface area contributed by atoms with Gasteiger partial charge in [-0.25, -0.2) is 4.98 Å². The summed E-state index contributed by atoms with van der Waals surface area (Å²) in [7, 11) is 1.76. The third kappa shape index (κ3) is 5.68. The van der Waals surface area contributed by atoms with Crippen LogP contribution >= 0.6 is 0 Å². The van der Waals surface area contributed by atoms with Crippen molar-refractivity contribution < 1.29 is 9.90 Å². The average Bonchev–Trinajstić information content (AvgIpc) is 3.63. The van der Waals surface area contributed by atoms with Gasteiger partial charge in [0, 0.05) is 36.1 Å². The van der Waals surface area contributed by atoms with Gasteiger partial charge in [0.05, 0.1) is 17.5 Å². The van der Waals surface area contributed by atoms with E-state index in [0.29, 0.717) is 5.82 Å². The Hall–Kier alpha value is -2.86. The molecule has 1 saturated carbocycles. The maximum atomic E-state index is 12.0. The molecule has 1 amide bonds. The Bertz CT molecular complexity index is 1080. The van der Waals surface area contributed by atoms with Gasteiger partial charge in [0.1, 0.15) is 5.82 Å². The molecule has 0 aliphatic heterocycles. The largest absolute Gasteiger partial charge is 0.388 e. The number of pyridine rings is 2. The summed E-state index contributed by atoms with van der Waals surface area (Å²) in [5.74, 6) is 0.732. The van der Waals surface area contributed by atoms with Crippen LogP contribution in [-0.2, 0) is 4.79 Å². The Kier molecular flexibility index (Phi) is 7.91. The topological polar surface area (TPSA) is 87.5 Å². The molecule has 2 aromatic heterocycles. The highest BCUT2D eigenvalue weighted by Gasteiger charge is 2.29. The van der Waals surface area contributed by atoms with E-state index in [9.17, 15) is 9.90 Å². The lowest BCUT2D eigenvalue weighted by Gasteiger charge is -2.16. The highest BCUT2D eigenvalue weighted by atomic mass is 16.3. The highest BCUT2D eigenvalue weighted by Crippen LogP contribution is 2.30. The molecule has 2 heterocycles. The molecule has 0 saturated heterocycles. The lowest BCUT2D eigenvalue weighted by molar-refractivity contribution is -0.117. The molecule has 0 aromatic carbocycles. The Balaban J connectivity index is 1.89. The molecule has 3 rings (SSSR count). The molecular weight excluding hydrogens is 400 g/mol. The number of hydrogen-bond donors (Lipinski definition) is 2. The van der Waals surface area contributed by atoms with E-state index in [0.717, 1.165) is 65.4 Å². The van der Waals surface area contributed by atoms with E-state index in [1.807, 2.05) is 25.1 Å². The van der Waals surface area contributed by atoms with Gasteiger partial charge in [-0.15, -0.1) is 0 Å². The fraction of sp³-hybridized carbons (Fsp3) is 0.462. The number of aliphatic hydroxyl groups is 1. The molecule has 170 valence electrons. The SMILES string of the molecule is CCCC(O)C(/C=C(/C)C(=NC)c1cc2cnc(NC(=O)C3CC3)cc2cn1)=C(/C)CC. The van der Waals surface area contributed by atoms with Gasteiger partial charge in [-0.05, 0) is 62.8 Å². The zero-order valence-corrected chi connectivity index (χ0v) is 19.8. The van der Waals surface area contributed by atoms with Crippen LogP contribution in [0.15, 0.2) is 52.3 Å². The summed E-state index contributed by atoms with van der Waals surface area (Å²) in [6, 6.07) is 3.82. The van der Waals surface area contributed by atoms with Gasteiger partial charge in [0.2, 0.25) is 5.91 Å². The number of carbonyl (C=O) groups is 1.